The second-order valence-electron chi connectivity index (χ2n) is 4.40. The van der Waals surface area contributed by atoms with E-state index >= 15 is 0 Å². The molecule has 0 aromatic heterocycles. The number of hydrogen-bond donors (Lipinski definition) is 0. The van der Waals surface area contributed by atoms with Crippen molar-refractivity contribution in [2.24, 2.45) is 5.92 Å². The average Bonchev–Trinajstić information content (AvgIpc) is 3.01. The molecule has 0 radical (unpaired) electrons. The Bertz CT molecular complexity index is 187. The number of epoxide rings is 1. The Labute approximate surface area is 86.3 Å². The Balaban J connectivity index is 1.75. The molecule has 1 saturated heterocycles. The lowest BCUT2D eigenvalue weighted by molar-refractivity contribution is -0.0161. The van der Waals surface area contributed by atoms with Gasteiger partial charge in [-0.1, -0.05) is 18.9 Å². The van der Waals surface area contributed by atoms with Crippen molar-refractivity contribution < 1.29 is 9.47 Å². The fraction of sp³-hybridized carbons (Fsp3) is 0.833. The predicted octanol–water partition coefficient (Wildman–Crippen LogP) is 2.54. The van der Waals surface area contributed by atoms with Gasteiger partial charge in [0.15, 0.2) is 0 Å². The lowest BCUT2D eigenvalue weighted by Crippen LogP contribution is -2.28. The second-order valence-corrected chi connectivity index (χ2v) is 4.40. The first-order chi connectivity index (χ1) is 6.90. The maximum atomic E-state index is 5.90. The topological polar surface area (TPSA) is 21.8 Å². The Morgan fingerprint density at radius 1 is 1.36 bits per heavy atom. The van der Waals surface area contributed by atoms with E-state index in [9.17, 15) is 0 Å². The third-order valence-corrected chi connectivity index (χ3v) is 3.21. The van der Waals surface area contributed by atoms with Crippen molar-refractivity contribution in [1.29, 1.82) is 0 Å². The largest absolute Gasteiger partial charge is 0.375 e. The fourth-order valence-corrected chi connectivity index (χ4v) is 2.27. The van der Waals surface area contributed by atoms with Gasteiger partial charge in [-0.25, -0.2) is 0 Å². The summed E-state index contributed by atoms with van der Waals surface area (Å²) in [6.45, 7) is 5.52. The molecule has 2 rings (SSSR count). The van der Waals surface area contributed by atoms with Gasteiger partial charge in [0.05, 0.1) is 19.3 Å². The van der Waals surface area contributed by atoms with Crippen LogP contribution in [0.1, 0.15) is 32.1 Å². The molecule has 1 heterocycles. The molecular formula is C12H20O2. The van der Waals surface area contributed by atoms with Crippen LogP contribution >= 0.6 is 0 Å². The number of ether oxygens (including phenoxy) is 2. The molecule has 0 bridgehead atoms. The van der Waals surface area contributed by atoms with Gasteiger partial charge in [0.2, 0.25) is 0 Å². The molecule has 2 aliphatic rings. The van der Waals surface area contributed by atoms with Crippen LogP contribution in [0.3, 0.4) is 0 Å². The molecule has 3 unspecified atom stereocenters. The van der Waals surface area contributed by atoms with Gasteiger partial charge >= 0.3 is 0 Å². The van der Waals surface area contributed by atoms with Crippen molar-refractivity contribution in [2.75, 3.05) is 13.2 Å². The van der Waals surface area contributed by atoms with Crippen molar-refractivity contribution >= 4 is 0 Å². The number of allylic oxidation sites excluding steroid dienone is 1. The predicted molar refractivity (Wildman–Crippen MR) is 56.3 cm³/mol. The van der Waals surface area contributed by atoms with E-state index in [1.807, 2.05) is 6.08 Å². The van der Waals surface area contributed by atoms with Crippen LogP contribution in [-0.2, 0) is 9.47 Å². The van der Waals surface area contributed by atoms with E-state index in [1.54, 1.807) is 0 Å². The Kier molecular flexibility index (Phi) is 3.60. The Morgan fingerprint density at radius 2 is 2.14 bits per heavy atom. The van der Waals surface area contributed by atoms with Crippen LogP contribution in [0.15, 0.2) is 12.7 Å². The van der Waals surface area contributed by atoms with Crippen molar-refractivity contribution in [3.8, 4) is 0 Å². The lowest BCUT2D eigenvalue weighted by Gasteiger charge is -2.30. The first-order valence-electron chi connectivity index (χ1n) is 5.74. The van der Waals surface area contributed by atoms with Crippen molar-refractivity contribution in [2.45, 2.75) is 44.3 Å². The third-order valence-electron chi connectivity index (χ3n) is 3.21. The first-order valence-corrected chi connectivity index (χ1v) is 5.74. The van der Waals surface area contributed by atoms with Gasteiger partial charge in [-0.3, -0.25) is 0 Å². The summed E-state index contributed by atoms with van der Waals surface area (Å²) in [5.41, 5.74) is 0. The summed E-state index contributed by atoms with van der Waals surface area (Å²) < 4.78 is 11.0. The molecule has 2 nitrogen and oxygen atoms in total. The van der Waals surface area contributed by atoms with E-state index in [0.29, 0.717) is 18.1 Å². The summed E-state index contributed by atoms with van der Waals surface area (Å²) >= 11 is 0. The highest BCUT2D eigenvalue weighted by Crippen LogP contribution is 2.30. The lowest BCUT2D eigenvalue weighted by atomic mass is 9.84. The van der Waals surface area contributed by atoms with E-state index in [4.69, 9.17) is 9.47 Å². The average molecular weight is 196 g/mol. The van der Waals surface area contributed by atoms with Crippen molar-refractivity contribution in [3.05, 3.63) is 12.7 Å². The highest BCUT2D eigenvalue weighted by molar-refractivity contribution is 4.83. The van der Waals surface area contributed by atoms with Crippen LogP contribution in [-0.4, -0.2) is 25.4 Å². The van der Waals surface area contributed by atoms with E-state index in [-0.39, 0.29) is 0 Å². The summed E-state index contributed by atoms with van der Waals surface area (Å²) in [7, 11) is 0. The van der Waals surface area contributed by atoms with Crippen LogP contribution < -0.4 is 0 Å². The Morgan fingerprint density at radius 3 is 2.86 bits per heavy atom. The van der Waals surface area contributed by atoms with Gasteiger partial charge < -0.3 is 9.47 Å². The van der Waals surface area contributed by atoms with Crippen LogP contribution in [0.4, 0.5) is 0 Å². The van der Waals surface area contributed by atoms with E-state index in [0.717, 1.165) is 19.6 Å². The zero-order chi connectivity index (χ0) is 9.80. The number of hydrogen-bond acceptors (Lipinski definition) is 2. The second kappa shape index (κ2) is 4.94. The standard InChI is InChI=1S/C12H20O2/c1-2-5-10-6-3-4-7-12(10)14-9-11-8-13-11/h2,10-12H,1,3-9H2. The monoisotopic (exact) mass is 196 g/mol. The maximum Gasteiger partial charge on any atom is 0.104 e. The SMILES string of the molecule is C=CCC1CCCCC1OCC1CO1. The van der Waals surface area contributed by atoms with Gasteiger partial charge in [0.1, 0.15) is 6.10 Å². The van der Waals surface area contributed by atoms with Gasteiger partial charge in [0, 0.05) is 0 Å². The fourth-order valence-electron chi connectivity index (χ4n) is 2.27. The zero-order valence-corrected chi connectivity index (χ0v) is 8.78. The Hall–Kier alpha value is -0.340. The molecule has 2 heteroatoms. The van der Waals surface area contributed by atoms with Gasteiger partial charge in [-0.15, -0.1) is 6.58 Å². The summed E-state index contributed by atoms with van der Waals surface area (Å²) in [5, 5.41) is 0. The molecule has 0 N–H and O–H groups in total. The van der Waals surface area contributed by atoms with Gasteiger partial charge in [-0.2, -0.15) is 0 Å². The maximum absolute atomic E-state index is 5.90. The molecule has 0 spiro atoms. The minimum Gasteiger partial charge on any atom is -0.375 e. The minimum atomic E-state index is 0.404. The smallest absolute Gasteiger partial charge is 0.104 e. The number of rotatable bonds is 5. The highest BCUT2D eigenvalue weighted by atomic mass is 16.6. The van der Waals surface area contributed by atoms with E-state index in [2.05, 4.69) is 6.58 Å². The quantitative estimate of drug-likeness (QED) is 0.498. The van der Waals surface area contributed by atoms with Crippen LogP contribution in [0.25, 0.3) is 0 Å². The zero-order valence-electron chi connectivity index (χ0n) is 8.78. The first kappa shape index (κ1) is 10.2. The van der Waals surface area contributed by atoms with Crippen molar-refractivity contribution in [3.63, 3.8) is 0 Å². The third kappa shape index (κ3) is 2.82. The molecule has 1 saturated carbocycles. The van der Waals surface area contributed by atoms with Crippen LogP contribution in [0, 0.1) is 5.92 Å². The van der Waals surface area contributed by atoms with Crippen LogP contribution in [0.2, 0.25) is 0 Å². The van der Waals surface area contributed by atoms with E-state index in [1.165, 1.54) is 25.7 Å². The molecule has 1 aliphatic heterocycles. The molecule has 3 atom stereocenters. The molecule has 1 aliphatic carbocycles. The molecule has 14 heavy (non-hydrogen) atoms. The molecule has 80 valence electrons. The molecule has 0 aromatic rings. The molecule has 0 amide bonds. The molecule has 0 aromatic carbocycles. The molecular weight excluding hydrogens is 176 g/mol. The van der Waals surface area contributed by atoms with E-state index < -0.39 is 0 Å². The summed E-state index contributed by atoms with van der Waals surface area (Å²) in [6.07, 6.45) is 9.22. The molecule has 2 fully saturated rings. The van der Waals surface area contributed by atoms with Crippen molar-refractivity contribution in [1.82, 2.24) is 0 Å². The minimum absolute atomic E-state index is 0.404. The van der Waals surface area contributed by atoms with Crippen LogP contribution in [0.5, 0.6) is 0 Å². The highest BCUT2D eigenvalue weighted by Gasteiger charge is 2.28. The normalized spacial score (nSPS) is 36.7. The van der Waals surface area contributed by atoms with Gasteiger partial charge in [0.25, 0.3) is 0 Å². The summed E-state index contributed by atoms with van der Waals surface area (Å²) in [4.78, 5) is 0. The van der Waals surface area contributed by atoms with Gasteiger partial charge in [-0.05, 0) is 25.2 Å². The summed E-state index contributed by atoms with van der Waals surface area (Å²) in [6, 6.07) is 0. The summed E-state index contributed by atoms with van der Waals surface area (Å²) in [5.74, 6) is 0.708.